The summed E-state index contributed by atoms with van der Waals surface area (Å²) in [6, 6.07) is 0.808. The van der Waals surface area contributed by atoms with Gasteiger partial charge in [0.1, 0.15) is 0 Å². The molecule has 0 aliphatic heterocycles. The Hall–Kier alpha value is -0.120. The predicted octanol–water partition coefficient (Wildman–Crippen LogP) is 1.86. The van der Waals surface area contributed by atoms with E-state index >= 15 is 0 Å². The Morgan fingerprint density at radius 3 is 2.50 bits per heavy atom. The molecular formula is C13H28N2O. The van der Waals surface area contributed by atoms with Gasteiger partial charge in [-0.25, -0.2) is 0 Å². The molecule has 2 unspecified atom stereocenters. The van der Waals surface area contributed by atoms with Crippen LogP contribution in [0.25, 0.3) is 0 Å². The summed E-state index contributed by atoms with van der Waals surface area (Å²) >= 11 is 0. The van der Waals surface area contributed by atoms with Crippen LogP contribution in [-0.4, -0.2) is 43.3 Å². The fourth-order valence-electron chi connectivity index (χ4n) is 2.48. The van der Waals surface area contributed by atoms with Crippen LogP contribution in [0.2, 0.25) is 0 Å². The van der Waals surface area contributed by atoms with Crippen LogP contribution in [-0.2, 0) is 4.74 Å². The molecule has 1 rings (SSSR count). The molecule has 1 aliphatic carbocycles. The van der Waals surface area contributed by atoms with Crippen LogP contribution in [0.1, 0.15) is 40.5 Å². The van der Waals surface area contributed by atoms with Gasteiger partial charge in [-0.2, -0.15) is 0 Å². The molecule has 1 saturated carbocycles. The van der Waals surface area contributed by atoms with Crippen LogP contribution in [0.15, 0.2) is 0 Å². The Morgan fingerprint density at radius 2 is 2.06 bits per heavy atom. The fourth-order valence-corrected chi connectivity index (χ4v) is 2.48. The largest absolute Gasteiger partial charge is 0.377 e. The Labute approximate surface area is 100 Å². The summed E-state index contributed by atoms with van der Waals surface area (Å²) in [6.45, 7) is 10.5. The van der Waals surface area contributed by atoms with Crippen molar-refractivity contribution in [2.24, 2.45) is 11.1 Å². The minimum absolute atomic E-state index is 0.288. The number of hydrogen-bond acceptors (Lipinski definition) is 3. The smallest absolute Gasteiger partial charge is 0.0596 e. The van der Waals surface area contributed by atoms with E-state index in [0.717, 1.165) is 13.2 Å². The molecule has 1 fully saturated rings. The maximum Gasteiger partial charge on any atom is 0.0596 e. The molecular weight excluding hydrogens is 200 g/mol. The van der Waals surface area contributed by atoms with Crippen molar-refractivity contribution in [3.8, 4) is 0 Å². The summed E-state index contributed by atoms with van der Waals surface area (Å²) in [5.41, 5.74) is 6.60. The minimum atomic E-state index is 0.288. The van der Waals surface area contributed by atoms with Crippen LogP contribution in [0, 0.1) is 5.41 Å². The van der Waals surface area contributed by atoms with Gasteiger partial charge in [-0.05, 0) is 39.2 Å². The van der Waals surface area contributed by atoms with Gasteiger partial charge < -0.3 is 10.5 Å². The van der Waals surface area contributed by atoms with E-state index in [0.29, 0.717) is 12.1 Å². The first-order chi connectivity index (χ1) is 7.34. The number of ether oxygens (including phenoxy) is 1. The molecule has 0 aromatic rings. The van der Waals surface area contributed by atoms with E-state index in [4.69, 9.17) is 10.5 Å². The molecule has 2 N–H and O–H groups in total. The highest BCUT2D eigenvalue weighted by atomic mass is 16.5. The number of nitrogens with zero attached hydrogens (tertiary/aromatic N) is 1. The molecule has 0 saturated heterocycles. The van der Waals surface area contributed by atoms with Crippen molar-refractivity contribution < 1.29 is 4.74 Å². The van der Waals surface area contributed by atoms with E-state index in [1.807, 2.05) is 0 Å². The van der Waals surface area contributed by atoms with Gasteiger partial charge in [-0.3, -0.25) is 4.90 Å². The standard InChI is InChI=1S/C13H28N2O/c1-10(2)16-9-8-15(5)11-6-7-13(3,4)12(11)14/h10-12H,6-9,14H2,1-5H3. The maximum atomic E-state index is 6.31. The van der Waals surface area contributed by atoms with E-state index in [2.05, 4.69) is 39.6 Å². The highest BCUT2D eigenvalue weighted by Gasteiger charge is 2.40. The average molecular weight is 228 g/mol. The van der Waals surface area contributed by atoms with Crippen molar-refractivity contribution >= 4 is 0 Å². The van der Waals surface area contributed by atoms with Crippen LogP contribution in [0.4, 0.5) is 0 Å². The number of rotatable bonds is 5. The van der Waals surface area contributed by atoms with Crippen molar-refractivity contribution in [1.29, 1.82) is 0 Å². The first-order valence-electron chi connectivity index (χ1n) is 6.42. The zero-order chi connectivity index (χ0) is 12.3. The predicted molar refractivity (Wildman–Crippen MR) is 68.5 cm³/mol. The maximum absolute atomic E-state index is 6.31. The summed E-state index contributed by atoms with van der Waals surface area (Å²) in [6.07, 6.45) is 2.77. The first-order valence-corrected chi connectivity index (χ1v) is 6.42. The zero-order valence-corrected chi connectivity index (χ0v) is 11.5. The average Bonchev–Trinajstić information content (AvgIpc) is 2.41. The van der Waals surface area contributed by atoms with Gasteiger partial charge in [0.25, 0.3) is 0 Å². The zero-order valence-electron chi connectivity index (χ0n) is 11.5. The van der Waals surface area contributed by atoms with Gasteiger partial charge in [0.05, 0.1) is 12.7 Å². The molecule has 96 valence electrons. The van der Waals surface area contributed by atoms with Crippen LogP contribution in [0.5, 0.6) is 0 Å². The molecule has 0 spiro atoms. The third-order valence-electron chi connectivity index (χ3n) is 3.86. The lowest BCUT2D eigenvalue weighted by molar-refractivity contribution is 0.0532. The van der Waals surface area contributed by atoms with Gasteiger partial charge in [-0.15, -0.1) is 0 Å². The second-order valence-corrected chi connectivity index (χ2v) is 6.02. The molecule has 0 radical (unpaired) electrons. The molecule has 1 aliphatic rings. The highest BCUT2D eigenvalue weighted by Crippen LogP contribution is 2.38. The van der Waals surface area contributed by atoms with E-state index in [1.165, 1.54) is 12.8 Å². The molecule has 0 heterocycles. The molecule has 0 bridgehead atoms. The van der Waals surface area contributed by atoms with Crippen molar-refractivity contribution in [2.45, 2.75) is 58.7 Å². The van der Waals surface area contributed by atoms with E-state index in [-0.39, 0.29) is 11.5 Å². The monoisotopic (exact) mass is 228 g/mol. The summed E-state index contributed by atoms with van der Waals surface area (Å²) in [5, 5.41) is 0. The SMILES string of the molecule is CC(C)OCCN(C)C1CCC(C)(C)C1N. The van der Waals surface area contributed by atoms with Crippen molar-refractivity contribution in [1.82, 2.24) is 4.90 Å². The van der Waals surface area contributed by atoms with E-state index < -0.39 is 0 Å². The molecule has 2 atom stereocenters. The minimum Gasteiger partial charge on any atom is -0.377 e. The number of nitrogens with two attached hydrogens (primary N) is 1. The summed E-state index contributed by atoms with van der Waals surface area (Å²) in [7, 11) is 2.16. The Morgan fingerprint density at radius 1 is 1.44 bits per heavy atom. The lowest BCUT2D eigenvalue weighted by Crippen LogP contribution is -2.48. The quantitative estimate of drug-likeness (QED) is 0.780. The summed E-state index contributed by atoms with van der Waals surface area (Å²) in [4.78, 5) is 2.36. The van der Waals surface area contributed by atoms with E-state index in [1.54, 1.807) is 0 Å². The lowest BCUT2D eigenvalue weighted by atomic mass is 9.87. The normalized spacial score (nSPS) is 29.2. The molecule has 0 aromatic heterocycles. The second-order valence-electron chi connectivity index (χ2n) is 6.02. The van der Waals surface area contributed by atoms with Gasteiger partial charge in [-0.1, -0.05) is 13.8 Å². The Bertz CT molecular complexity index is 216. The first kappa shape index (κ1) is 13.9. The Kier molecular flexibility index (Phi) is 4.77. The number of likely N-dealkylation sites (N-methyl/N-ethyl adjacent to an activating group) is 1. The topological polar surface area (TPSA) is 38.5 Å². The van der Waals surface area contributed by atoms with Crippen molar-refractivity contribution in [2.75, 3.05) is 20.2 Å². The van der Waals surface area contributed by atoms with Crippen molar-refractivity contribution in [3.63, 3.8) is 0 Å². The van der Waals surface area contributed by atoms with E-state index in [9.17, 15) is 0 Å². The lowest BCUT2D eigenvalue weighted by Gasteiger charge is -2.32. The van der Waals surface area contributed by atoms with Crippen LogP contribution >= 0.6 is 0 Å². The fraction of sp³-hybridized carbons (Fsp3) is 1.00. The molecule has 3 heteroatoms. The number of hydrogen-bond donors (Lipinski definition) is 1. The van der Waals surface area contributed by atoms with Gasteiger partial charge in [0, 0.05) is 18.6 Å². The van der Waals surface area contributed by atoms with Crippen LogP contribution in [0.3, 0.4) is 0 Å². The third kappa shape index (κ3) is 3.44. The molecule has 16 heavy (non-hydrogen) atoms. The molecule has 3 nitrogen and oxygen atoms in total. The van der Waals surface area contributed by atoms with Gasteiger partial charge >= 0.3 is 0 Å². The third-order valence-corrected chi connectivity index (χ3v) is 3.86. The second kappa shape index (κ2) is 5.48. The summed E-state index contributed by atoms with van der Waals surface area (Å²) < 4.78 is 5.58. The van der Waals surface area contributed by atoms with Gasteiger partial charge in [0.15, 0.2) is 0 Å². The van der Waals surface area contributed by atoms with Crippen LogP contribution < -0.4 is 5.73 Å². The molecule has 0 aromatic carbocycles. The van der Waals surface area contributed by atoms with Gasteiger partial charge in [0.2, 0.25) is 0 Å². The highest BCUT2D eigenvalue weighted by molar-refractivity contribution is 4.98. The summed E-state index contributed by atoms with van der Waals surface area (Å²) in [5.74, 6) is 0. The van der Waals surface area contributed by atoms with Crippen molar-refractivity contribution in [3.05, 3.63) is 0 Å². The molecule has 0 amide bonds. The Balaban J connectivity index is 2.35.